The fraction of sp³-hybridized carbons (Fsp3) is 0.826. The van der Waals surface area contributed by atoms with Crippen LogP contribution in [-0.4, -0.2) is 0 Å². The Balaban J connectivity index is 3.40. The summed E-state index contributed by atoms with van der Waals surface area (Å²) in [5, 5.41) is 0. The molecule has 0 fully saturated rings. The maximum Gasteiger partial charge on any atom is -0.0326 e. The molecule has 0 radical (unpaired) electrons. The zero-order valence-electron chi connectivity index (χ0n) is 16.7. The van der Waals surface area contributed by atoms with E-state index >= 15 is 0 Å². The number of unbranched alkanes of at least 4 members (excludes halogenated alkanes) is 7. The summed E-state index contributed by atoms with van der Waals surface area (Å²) in [7, 11) is 0. The predicted molar refractivity (Wildman–Crippen MR) is 108 cm³/mol. The molecule has 0 aliphatic heterocycles. The molecular formula is C23H44. The van der Waals surface area contributed by atoms with E-state index in [1.54, 1.807) is 0 Å². The Hall–Kier alpha value is -0.520. The molecule has 0 saturated carbocycles. The Morgan fingerprint density at radius 1 is 0.783 bits per heavy atom. The molecule has 0 spiro atoms. The van der Waals surface area contributed by atoms with E-state index in [2.05, 4.69) is 46.4 Å². The first-order valence-corrected chi connectivity index (χ1v) is 10.4. The third kappa shape index (κ3) is 16.1. The summed E-state index contributed by atoms with van der Waals surface area (Å²) in [5.41, 5.74) is 1.34. The second kappa shape index (κ2) is 16.3. The summed E-state index contributed by atoms with van der Waals surface area (Å²) in [4.78, 5) is 0. The molecule has 0 aliphatic carbocycles. The molecule has 0 N–H and O–H groups in total. The molecule has 0 aromatic heterocycles. The highest BCUT2D eigenvalue weighted by atomic mass is 14.2. The number of allylic oxidation sites excluding steroid dienone is 3. The van der Waals surface area contributed by atoms with Crippen molar-refractivity contribution < 1.29 is 0 Å². The van der Waals surface area contributed by atoms with E-state index in [1.165, 1.54) is 89.0 Å². The van der Waals surface area contributed by atoms with Crippen LogP contribution in [0.25, 0.3) is 0 Å². The zero-order valence-corrected chi connectivity index (χ0v) is 16.7. The highest BCUT2D eigenvalue weighted by Gasteiger charge is 2.10. The largest absolute Gasteiger partial charge is 0.100 e. The number of rotatable bonds is 16. The Labute approximate surface area is 147 Å². The van der Waals surface area contributed by atoms with E-state index in [0.29, 0.717) is 0 Å². The lowest BCUT2D eigenvalue weighted by molar-refractivity contribution is 0.335. The van der Waals surface area contributed by atoms with Gasteiger partial charge >= 0.3 is 0 Å². The molecule has 2 atom stereocenters. The topological polar surface area (TPSA) is 0 Å². The highest BCUT2D eigenvalue weighted by Crippen LogP contribution is 2.22. The molecular weight excluding hydrogens is 276 g/mol. The molecule has 0 amide bonds. The monoisotopic (exact) mass is 320 g/mol. The van der Waals surface area contributed by atoms with E-state index in [-0.39, 0.29) is 0 Å². The zero-order chi connectivity index (χ0) is 17.3. The second-order valence-corrected chi connectivity index (χ2v) is 7.76. The lowest BCUT2D eigenvalue weighted by Gasteiger charge is -2.19. The molecule has 136 valence electrons. The van der Waals surface area contributed by atoms with Crippen molar-refractivity contribution in [3.05, 3.63) is 24.3 Å². The van der Waals surface area contributed by atoms with Crippen LogP contribution in [0.1, 0.15) is 111 Å². The summed E-state index contributed by atoms with van der Waals surface area (Å²) in [6, 6.07) is 0. The average molecular weight is 321 g/mol. The van der Waals surface area contributed by atoms with Crippen LogP contribution < -0.4 is 0 Å². The molecule has 0 nitrogen and oxygen atoms in total. The van der Waals surface area contributed by atoms with Gasteiger partial charge in [-0.3, -0.25) is 0 Å². The van der Waals surface area contributed by atoms with Crippen LogP contribution >= 0.6 is 0 Å². The molecule has 0 aromatic rings. The second-order valence-electron chi connectivity index (χ2n) is 7.76. The van der Waals surface area contributed by atoms with Crippen molar-refractivity contribution in [2.75, 3.05) is 0 Å². The summed E-state index contributed by atoms with van der Waals surface area (Å²) >= 11 is 0. The lowest BCUT2D eigenvalue weighted by atomic mass is 9.87. The Morgan fingerprint density at radius 2 is 1.39 bits per heavy atom. The fourth-order valence-corrected chi connectivity index (χ4v) is 3.10. The molecule has 0 bridgehead atoms. The summed E-state index contributed by atoms with van der Waals surface area (Å²) in [6.07, 6.45) is 22.4. The van der Waals surface area contributed by atoms with E-state index < -0.39 is 0 Å². The van der Waals surface area contributed by atoms with Crippen molar-refractivity contribution in [3.63, 3.8) is 0 Å². The van der Waals surface area contributed by atoms with Crippen LogP contribution in [0, 0.1) is 11.8 Å². The first kappa shape index (κ1) is 22.5. The first-order valence-electron chi connectivity index (χ1n) is 10.4. The van der Waals surface area contributed by atoms with Crippen LogP contribution in [0.15, 0.2) is 24.3 Å². The highest BCUT2D eigenvalue weighted by molar-refractivity contribution is 4.87. The van der Waals surface area contributed by atoms with Crippen LogP contribution in [0.5, 0.6) is 0 Å². The molecule has 0 saturated heterocycles. The minimum Gasteiger partial charge on any atom is -0.100 e. The Kier molecular flexibility index (Phi) is 16.0. The van der Waals surface area contributed by atoms with Crippen LogP contribution in [0.4, 0.5) is 0 Å². The van der Waals surface area contributed by atoms with Gasteiger partial charge in [0.25, 0.3) is 0 Å². The predicted octanol–water partition coefficient (Wildman–Crippen LogP) is 8.48. The summed E-state index contributed by atoms with van der Waals surface area (Å²) in [5.74, 6) is 1.78. The average Bonchev–Trinajstić information content (AvgIpc) is 2.52. The van der Waals surface area contributed by atoms with Crippen molar-refractivity contribution in [2.24, 2.45) is 11.8 Å². The van der Waals surface area contributed by atoms with E-state index in [9.17, 15) is 0 Å². The van der Waals surface area contributed by atoms with Gasteiger partial charge in [-0.1, -0.05) is 83.4 Å². The van der Waals surface area contributed by atoms with Crippen molar-refractivity contribution in [1.82, 2.24) is 0 Å². The van der Waals surface area contributed by atoms with Gasteiger partial charge in [-0.25, -0.2) is 0 Å². The van der Waals surface area contributed by atoms with Crippen molar-refractivity contribution in [3.8, 4) is 0 Å². The van der Waals surface area contributed by atoms with Crippen molar-refractivity contribution in [1.29, 1.82) is 0 Å². The van der Waals surface area contributed by atoms with Gasteiger partial charge in [0.2, 0.25) is 0 Å². The Morgan fingerprint density at radius 3 is 2.09 bits per heavy atom. The maximum absolute atomic E-state index is 3.96. The van der Waals surface area contributed by atoms with Crippen LogP contribution in [-0.2, 0) is 0 Å². The Bertz CT molecular complexity index is 286. The van der Waals surface area contributed by atoms with Crippen LogP contribution in [0.2, 0.25) is 0 Å². The van der Waals surface area contributed by atoms with Crippen LogP contribution in [0.3, 0.4) is 0 Å². The lowest BCUT2D eigenvalue weighted by Crippen LogP contribution is -2.07. The van der Waals surface area contributed by atoms with Crippen molar-refractivity contribution >= 4 is 0 Å². The van der Waals surface area contributed by atoms with Gasteiger partial charge in [-0.2, -0.15) is 0 Å². The van der Waals surface area contributed by atoms with Gasteiger partial charge in [0.05, 0.1) is 0 Å². The van der Waals surface area contributed by atoms with E-state index in [4.69, 9.17) is 0 Å². The SMILES string of the molecule is C=C(C)CCCCCCCC=CCCC(C)C(C)CCCCC. The third-order valence-corrected chi connectivity index (χ3v) is 5.16. The molecule has 2 unspecified atom stereocenters. The van der Waals surface area contributed by atoms with Crippen molar-refractivity contribution in [2.45, 2.75) is 111 Å². The van der Waals surface area contributed by atoms with Gasteiger partial charge in [0.1, 0.15) is 0 Å². The van der Waals surface area contributed by atoms with Gasteiger partial charge in [-0.05, 0) is 57.3 Å². The summed E-state index contributed by atoms with van der Waals surface area (Å²) in [6.45, 7) is 13.3. The number of hydrogen-bond donors (Lipinski definition) is 0. The van der Waals surface area contributed by atoms with Gasteiger partial charge < -0.3 is 0 Å². The minimum atomic E-state index is 0.879. The smallest absolute Gasteiger partial charge is 0.0326 e. The standard InChI is InChI=1S/C23H44/c1-6-7-15-19-22(4)23(5)20-17-14-12-10-8-9-11-13-16-18-21(2)3/h12,14,22-23H,2,6-11,13,15-20H2,1,3-5H3. The van der Waals surface area contributed by atoms with E-state index in [0.717, 1.165) is 11.8 Å². The molecule has 0 rings (SSSR count). The van der Waals surface area contributed by atoms with Gasteiger partial charge in [-0.15, -0.1) is 6.58 Å². The fourth-order valence-electron chi connectivity index (χ4n) is 3.10. The molecule has 23 heavy (non-hydrogen) atoms. The maximum atomic E-state index is 3.96. The minimum absolute atomic E-state index is 0.879. The molecule has 0 heterocycles. The molecule has 0 heteroatoms. The third-order valence-electron chi connectivity index (χ3n) is 5.16. The number of hydrogen-bond acceptors (Lipinski definition) is 0. The van der Waals surface area contributed by atoms with E-state index in [1.807, 2.05) is 0 Å². The van der Waals surface area contributed by atoms with Gasteiger partial charge in [0, 0.05) is 0 Å². The molecule has 0 aliphatic rings. The summed E-state index contributed by atoms with van der Waals surface area (Å²) < 4.78 is 0. The van der Waals surface area contributed by atoms with Gasteiger partial charge in [0.15, 0.2) is 0 Å². The molecule has 0 aromatic carbocycles. The first-order chi connectivity index (χ1) is 11.1. The normalized spacial score (nSPS) is 14.3. The quantitative estimate of drug-likeness (QED) is 0.197.